The lowest BCUT2D eigenvalue weighted by Crippen LogP contribution is -2.08. The van der Waals surface area contributed by atoms with Gasteiger partial charge < -0.3 is 14.6 Å². The van der Waals surface area contributed by atoms with Gasteiger partial charge in [-0.05, 0) is 37.3 Å². The molecule has 0 aliphatic heterocycles. The summed E-state index contributed by atoms with van der Waals surface area (Å²) in [5.41, 5.74) is 0.550. The minimum absolute atomic E-state index is 0.0687. The summed E-state index contributed by atoms with van der Waals surface area (Å²) < 4.78 is 38.7. The van der Waals surface area contributed by atoms with Crippen LogP contribution in [-0.4, -0.2) is 29.0 Å². The maximum atomic E-state index is 14.2. The second-order valence-electron chi connectivity index (χ2n) is 6.34. The van der Waals surface area contributed by atoms with Crippen molar-refractivity contribution >= 4 is 23.1 Å². The van der Waals surface area contributed by atoms with E-state index in [0.29, 0.717) is 10.7 Å². The number of aromatic carboxylic acids is 1. The third-order valence-electron chi connectivity index (χ3n) is 4.16. The molecule has 0 bridgehead atoms. The number of benzene rings is 2. The Kier molecular flexibility index (Phi) is 6.41. The van der Waals surface area contributed by atoms with Crippen molar-refractivity contribution in [2.45, 2.75) is 19.8 Å². The topological polar surface area (TPSA) is 85.7 Å². The lowest BCUT2D eigenvalue weighted by atomic mass is 10.1. The van der Waals surface area contributed by atoms with E-state index >= 15 is 0 Å². The average molecular weight is 433 g/mol. The average Bonchev–Trinajstić information content (AvgIpc) is 3.05. The fraction of sp³-hybridized carbons (Fsp3) is 0.190. The summed E-state index contributed by atoms with van der Waals surface area (Å²) >= 11 is 0.920. The highest BCUT2D eigenvalue weighted by Gasteiger charge is 2.19. The highest BCUT2D eigenvalue weighted by molar-refractivity contribution is 7.13. The van der Waals surface area contributed by atoms with Gasteiger partial charge in [-0.1, -0.05) is 6.07 Å². The monoisotopic (exact) mass is 433 g/mol. The molecule has 2 aromatic carbocycles. The predicted octanol–water partition coefficient (Wildman–Crippen LogP) is 4.58. The summed E-state index contributed by atoms with van der Waals surface area (Å²) in [6, 6.07) is 7.74. The predicted molar refractivity (Wildman–Crippen MR) is 106 cm³/mol. The van der Waals surface area contributed by atoms with E-state index in [-0.39, 0.29) is 46.3 Å². The molecule has 30 heavy (non-hydrogen) atoms. The fourth-order valence-electron chi connectivity index (χ4n) is 2.81. The summed E-state index contributed by atoms with van der Waals surface area (Å²) in [6.07, 6.45) is -0.317. The van der Waals surface area contributed by atoms with E-state index in [2.05, 4.69) is 4.98 Å². The van der Waals surface area contributed by atoms with Crippen LogP contribution in [0.25, 0.3) is 0 Å². The Morgan fingerprint density at radius 3 is 2.57 bits per heavy atom. The number of halogens is 2. The second-order valence-corrected chi connectivity index (χ2v) is 7.43. The molecule has 156 valence electrons. The van der Waals surface area contributed by atoms with Gasteiger partial charge in [-0.2, -0.15) is 0 Å². The highest BCUT2D eigenvalue weighted by Crippen LogP contribution is 2.36. The molecule has 1 N–H and O–H groups in total. The van der Waals surface area contributed by atoms with Gasteiger partial charge in [-0.3, -0.25) is 4.79 Å². The number of ketones is 1. The van der Waals surface area contributed by atoms with E-state index in [1.165, 1.54) is 31.4 Å². The highest BCUT2D eigenvalue weighted by atomic mass is 32.1. The number of carbonyl (C=O) groups is 2. The summed E-state index contributed by atoms with van der Waals surface area (Å²) in [6.45, 7) is 1.55. The Morgan fingerprint density at radius 2 is 1.90 bits per heavy atom. The number of carboxylic acid groups (broad SMARTS) is 1. The number of aromatic nitrogens is 1. The van der Waals surface area contributed by atoms with Crippen LogP contribution in [0.5, 0.6) is 17.2 Å². The van der Waals surface area contributed by atoms with Crippen molar-refractivity contribution in [2.75, 3.05) is 7.11 Å². The molecule has 1 aromatic heterocycles. The van der Waals surface area contributed by atoms with E-state index in [4.69, 9.17) is 14.6 Å². The molecule has 9 heteroatoms. The number of rotatable bonds is 8. The number of carbonyl (C=O) groups excluding carboxylic acids is 1. The van der Waals surface area contributed by atoms with Crippen LogP contribution in [0.3, 0.4) is 0 Å². The van der Waals surface area contributed by atoms with Crippen LogP contribution in [0.2, 0.25) is 0 Å². The third-order valence-corrected chi connectivity index (χ3v) is 5.30. The van der Waals surface area contributed by atoms with Crippen LogP contribution in [0.1, 0.15) is 25.9 Å². The third kappa shape index (κ3) is 4.80. The number of ether oxygens (including phenoxy) is 2. The van der Waals surface area contributed by atoms with E-state index in [1.54, 1.807) is 6.92 Å². The first kappa shape index (κ1) is 21.4. The van der Waals surface area contributed by atoms with Crippen LogP contribution in [-0.2, 0) is 17.6 Å². The normalized spacial score (nSPS) is 10.7. The smallest absolute Gasteiger partial charge is 0.347 e. The molecule has 6 nitrogen and oxygen atoms in total. The molecular formula is C21H17F2NO5S. The van der Waals surface area contributed by atoms with Crippen molar-refractivity contribution in [3.8, 4) is 17.2 Å². The number of nitrogens with zero attached hydrogens (tertiary/aromatic N) is 1. The zero-order valence-corrected chi connectivity index (χ0v) is 16.9. The number of thiazole rings is 1. The number of para-hydroxylation sites is 1. The molecule has 1 heterocycles. The van der Waals surface area contributed by atoms with Gasteiger partial charge in [0, 0.05) is 12.0 Å². The fourth-order valence-corrected chi connectivity index (χ4v) is 3.75. The van der Waals surface area contributed by atoms with Gasteiger partial charge in [0.2, 0.25) is 5.75 Å². The number of aryl methyl sites for hydroxylation is 1. The van der Waals surface area contributed by atoms with Crippen LogP contribution in [0.4, 0.5) is 8.78 Å². The van der Waals surface area contributed by atoms with Crippen molar-refractivity contribution in [3.05, 3.63) is 69.2 Å². The summed E-state index contributed by atoms with van der Waals surface area (Å²) in [5, 5.41) is 9.46. The minimum atomic E-state index is -1.11. The molecular weight excluding hydrogens is 416 g/mol. The molecule has 0 amide bonds. The van der Waals surface area contributed by atoms with Gasteiger partial charge in [0.05, 0.1) is 19.2 Å². The lowest BCUT2D eigenvalue weighted by molar-refractivity contribution is -0.117. The van der Waals surface area contributed by atoms with Crippen molar-refractivity contribution in [1.29, 1.82) is 0 Å². The largest absolute Gasteiger partial charge is 0.493 e. The molecule has 0 atom stereocenters. The molecule has 3 aromatic rings. The number of hydrogen-bond acceptors (Lipinski definition) is 6. The van der Waals surface area contributed by atoms with Crippen LogP contribution in [0.15, 0.2) is 36.4 Å². The quantitative estimate of drug-likeness (QED) is 0.560. The zero-order valence-electron chi connectivity index (χ0n) is 16.1. The first-order valence-electron chi connectivity index (χ1n) is 8.78. The molecule has 0 aliphatic carbocycles. The molecule has 0 saturated heterocycles. The summed E-state index contributed by atoms with van der Waals surface area (Å²) in [7, 11) is 1.36. The van der Waals surface area contributed by atoms with Crippen LogP contribution in [0, 0.1) is 18.6 Å². The second kappa shape index (κ2) is 9.00. The minimum Gasteiger partial charge on any atom is -0.493 e. The Labute approximate surface area is 174 Å². The number of methoxy groups -OCH3 is 1. The number of carboxylic acids is 1. The first-order chi connectivity index (χ1) is 14.3. The Hall–Kier alpha value is -3.33. The first-order valence-corrected chi connectivity index (χ1v) is 9.60. The van der Waals surface area contributed by atoms with Gasteiger partial charge in [0.1, 0.15) is 27.2 Å². The van der Waals surface area contributed by atoms with Crippen molar-refractivity contribution < 1.29 is 33.0 Å². The van der Waals surface area contributed by atoms with Crippen molar-refractivity contribution in [2.24, 2.45) is 0 Å². The molecule has 0 fully saturated rings. The molecule has 0 spiro atoms. The van der Waals surface area contributed by atoms with Crippen molar-refractivity contribution in [1.82, 2.24) is 4.98 Å². The summed E-state index contributed by atoms with van der Waals surface area (Å²) in [4.78, 5) is 27.8. The zero-order chi connectivity index (χ0) is 21.8. The maximum Gasteiger partial charge on any atom is 0.347 e. The maximum absolute atomic E-state index is 14.2. The van der Waals surface area contributed by atoms with Gasteiger partial charge in [-0.15, -0.1) is 11.3 Å². The van der Waals surface area contributed by atoms with Crippen molar-refractivity contribution in [3.63, 3.8) is 0 Å². The standard InChI is InChI=1S/C21H17F2NO5S/c1-11-20(21(26)27)30-18(24-11)10-14(25)9-12-8-13(22)6-7-16(12)29-19-15(23)4-3-5-17(19)28-2/h3-8H,9-10H2,1-2H3,(H,26,27). The lowest BCUT2D eigenvalue weighted by Gasteiger charge is -2.14. The summed E-state index contributed by atoms with van der Waals surface area (Å²) in [5.74, 6) is -2.60. The molecule has 3 rings (SSSR count). The van der Waals surface area contributed by atoms with E-state index < -0.39 is 17.6 Å². The van der Waals surface area contributed by atoms with E-state index in [0.717, 1.165) is 23.5 Å². The number of Topliss-reactive ketones (excluding diaryl/α,β-unsaturated/α-hetero) is 1. The number of hydrogen-bond donors (Lipinski definition) is 1. The molecule has 0 aliphatic rings. The molecule has 0 radical (unpaired) electrons. The van der Waals surface area contributed by atoms with Gasteiger partial charge in [-0.25, -0.2) is 18.6 Å². The SMILES string of the molecule is COc1cccc(F)c1Oc1ccc(F)cc1CC(=O)Cc1nc(C)c(C(=O)O)s1. The van der Waals surface area contributed by atoms with Crippen LogP contribution < -0.4 is 9.47 Å². The van der Waals surface area contributed by atoms with Gasteiger partial charge in [0.15, 0.2) is 11.6 Å². The molecule has 0 saturated carbocycles. The van der Waals surface area contributed by atoms with Gasteiger partial charge >= 0.3 is 5.97 Å². The van der Waals surface area contributed by atoms with E-state index in [1.807, 2.05) is 0 Å². The Morgan fingerprint density at radius 1 is 1.13 bits per heavy atom. The molecule has 0 unspecified atom stereocenters. The van der Waals surface area contributed by atoms with Gasteiger partial charge in [0.25, 0.3) is 0 Å². The Bertz CT molecular complexity index is 1110. The van der Waals surface area contributed by atoms with E-state index in [9.17, 15) is 18.4 Å². The Balaban J connectivity index is 1.83. The van der Waals surface area contributed by atoms with Crippen LogP contribution >= 0.6 is 11.3 Å².